The Kier molecular flexibility index (Phi) is 3.72. The highest BCUT2D eigenvalue weighted by Gasteiger charge is 2.11. The fraction of sp³-hybridized carbons (Fsp3) is 0.133. The lowest BCUT2D eigenvalue weighted by Gasteiger charge is -2.17. The van der Waals surface area contributed by atoms with Gasteiger partial charge in [-0.2, -0.15) is 0 Å². The molecule has 1 amide bonds. The molecule has 2 aromatic rings. The molecule has 2 aromatic carbocycles. The van der Waals surface area contributed by atoms with E-state index in [2.05, 4.69) is 6.07 Å². The first-order valence-electron chi connectivity index (χ1n) is 5.63. The van der Waals surface area contributed by atoms with Gasteiger partial charge in [0.2, 0.25) is 0 Å². The molecule has 18 heavy (non-hydrogen) atoms. The van der Waals surface area contributed by atoms with Crippen LogP contribution in [0.1, 0.15) is 15.9 Å². The third-order valence-electron chi connectivity index (χ3n) is 2.62. The molecule has 0 aromatic heterocycles. The van der Waals surface area contributed by atoms with E-state index in [9.17, 15) is 9.18 Å². The molecule has 0 aliphatic carbocycles. The van der Waals surface area contributed by atoms with Crippen LogP contribution in [-0.2, 0) is 6.54 Å². The van der Waals surface area contributed by atoms with Crippen LogP contribution in [0.25, 0.3) is 0 Å². The number of amides is 1. The molecule has 0 heterocycles. The fourth-order valence-electron chi connectivity index (χ4n) is 1.67. The zero-order chi connectivity index (χ0) is 13.0. The molecule has 91 valence electrons. The van der Waals surface area contributed by atoms with Crippen LogP contribution in [0.5, 0.6) is 0 Å². The molecule has 0 unspecified atom stereocenters. The van der Waals surface area contributed by atoms with Gasteiger partial charge in [-0.3, -0.25) is 4.79 Å². The van der Waals surface area contributed by atoms with Crippen LogP contribution in [0.15, 0.2) is 48.5 Å². The van der Waals surface area contributed by atoms with E-state index in [4.69, 9.17) is 0 Å². The van der Waals surface area contributed by atoms with Crippen molar-refractivity contribution in [2.24, 2.45) is 0 Å². The Balaban J connectivity index is 2.06. The first-order valence-corrected chi connectivity index (χ1v) is 5.63. The van der Waals surface area contributed by atoms with E-state index in [-0.39, 0.29) is 11.7 Å². The number of carbonyl (C=O) groups is 1. The van der Waals surface area contributed by atoms with E-state index >= 15 is 0 Å². The summed E-state index contributed by atoms with van der Waals surface area (Å²) in [5.41, 5.74) is 1.42. The summed E-state index contributed by atoms with van der Waals surface area (Å²) in [5, 5.41) is 0. The Bertz CT molecular complexity index is 522. The highest BCUT2D eigenvalue weighted by Crippen LogP contribution is 2.08. The van der Waals surface area contributed by atoms with Crippen LogP contribution >= 0.6 is 0 Å². The third kappa shape index (κ3) is 2.94. The average molecular weight is 242 g/mol. The summed E-state index contributed by atoms with van der Waals surface area (Å²) in [6, 6.07) is 16.1. The second-order valence-electron chi connectivity index (χ2n) is 4.06. The van der Waals surface area contributed by atoms with Crippen LogP contribution in [0.4, 0.5) is 4.39 Å². The summed E-state index contributed by atoms with van der Waals surface area (Å²) in [6.07, 6.45) is 0. The lowest BCUT2D eigenvalue weighted by Crippen LogP contribution is -2.26. The van der Waals surface area contributed by atoms with Gasteiger partial charge in [-0.15, -0.1) is 0 Å². The van der Waals surface area contributed by atoms with Crippen LogP contribution in [0, 0.1) is 11.9 Å². The van der Waals surface area contributed by atoms with Crippen molar-refractivity contribution in [3.8, 4) is 0 Å². The van der Waals surface area contributed by atoms with Crippen molar-refractivity contribution in [3.63, 3.8) is 0 Å². The van der Waals surface area contributed by atoms with Crippen LogP contribution in [-0.4, -0.2) is 17.9 Å². The summed E-state index contributed by atoms with van der Waals surface area (Å²) in [4.78, 5) is 13.6. The Morgan fingerprint density at radius 2 is 1.94 bits per heavy atom. The maximum Gasteiger partial charge on any atom is 0.254 e. The van der Waals surface area contributed by atoms with Gasteiger partial charge in [0.25, 0.3) is 5.91 Å². The predicted molar refractivity (Wildman–Crippen MR) is 67.5 cm³/mol. The normalized spacial score (nSPS) is 10.1. The van der Waals surface area contributed by atoms with Gasteiger partial charge in [0.1, 0.15) is 5.82 Å². The predicted octanol–water partition coefficient (Wildman–Crippen LogP) is 2.90. The smallest absolute Gasteiger partial charge is 0.254 e. The first kappa shape index (κ1) is 12.3. The SMILES string of the molecule is CN(Cc1ccc(F)cc1)C(=O)c1[c]cccc1. The van der Waals surface area contributed by atoms with Crippen LogP contribution in [0.2, 0.25) is 0 Å². The zero-order valence-corrected chi connectivity index (χ0v) is 10.1. The second kappa shape index (κ2) is 5.45. The van der Waals surface area contributed by atoms with Gasteiger partial charge < -0.3 is 4.90 Å². The molecule has 0 aliphatic rings. The first-order chi connectivity index (χ1) is 8.66. The highest BCUT2D eigenvalue weighted by molar-refractivity contribution is 5.93. The minimum absolute atomic E-state index is 0.0973. The van der Waals surface area contributed by atoms with Crippen molar-refractivity contribution in [2.75, 3.05) is 7.05 Å². The van der Waals surface area contributed by atoms with Crippen molar-refractivity contribution < 1.29 is 9.18 Å². The maximum atomic E-state index is 12.8. The molecule has 0 spiro atoms. The molecular weight excluding hydrogens is 229 g/mol. The summed E-state index contributed by atoms with van der Waals surface area (Å²) < 4.78 is 12.8. The van der Waals surface area contributed by atoms with Crippen molar-refractivity contribution in [1.82, 2.24) is 4.90 Å². The molecule has 2 nitrogen and oxygen atoms in total. The maximum absolute atomic E-state index is 12.8. The quantitative estimate of drug-likeness (QED) is 0.810. The average Bonchev–Trinajstić information content (AvgIpc) is 2.41. The lowest BCUT2D eigenvalue weighted by molar-refractivity contribution is 0.0785. The molecule has 3 heteroatoms. The van der Waals surface area contributed by atoms with Crippen molar-refractivity contribution in [2.45, 2.75) is 6.54 Å². The Morgan fingerprint density at radius 1 is 1.22 bits per heavy atom. The zero-order valence-electron chi connectivity index (χ0n) is 10.1. The molecule has 0 bridgehead atoms. The van der Waals surface area contributed by atoms with Crippen molar-refractivity contribution >= 4 is 5.91 Å². The molecule has 2 rings (SSSR count). The van der Waals surface area contributed by atoms with E-state index in [0.29, 0.717) is 12.1 Å². The number of carbonyl (C=O) groups excluding carboxylic acids is 1. The number of nitrogens with zero attached hydrogens (tertiary/aromatic N) is 1. The highest BCUT2D eigenvalue weighted by atomic mass is 19.1. The Hall–Kier alpha value is -2.16. The molecular formula is C15H13FNO. The van der Waals surface area contributed by atoms with E-state index in [1.807, 2.05) is 6.07 Å². The van der Waals surface area contributed by atoms with Gasteiger partial charge in [-0.05, 0) is 29.8 Å². The molecule has 1 radical (unpaired) electrons. The monoisotopic (exact) mass is 242 g/mol. The summed E-state index contributed by atoms with van der Waals surface area (Å²) in [7, 11) is 1.71. The van der Waals surface area contributed by atoms with Crippen molar-refractivity contribution in [1.29, 1.82) is 0 Å². The standard InChI is InChI=1S/C15H13FNO/c1-17(11-12-7-9-14(16)10-8-12)15(18)13-5-3-2-4-6-13/h2-5,7-10H,11H2,1H3. The minimum atomic E-state index is -0.274. The van der Waals surface area contributed by atoms with E-state index < -0.39 is 0 Å². The fourth-order valence-corrected chi connectivity index (χ4v) is 1.67. The molecule has 0 fully saturated rings. The number of rotatable bonds is 3. The molecule has 0 N–H and O–H groups in total. The van der Waals surface area contributed by atoms with E-state index in [1.54, 1.807) is 42.3 Å². The van der Waals surface area contributed by atoms with Gasteiger partial charge in [-0.25, -0.2) is 4.39 Å². The molecule has 0 saturated carbocycles. The second-order valence-corrected chi connectivity index (χ2v) is 4.06. The number of halogens is 1. The Morgan fingerprint density at radius 3 is 2.56 bits per heavy atom. The van der Waals surface area contributed by atoms with Gasteiger partial charge in [-0.1, -0.05) is 30.3 Å². The van der Waals surface area contributed by atoms with Gasteiger partial charge >= 0.3 is 0 Å². The molecule has 0 atom stereocenters. The van der Waals surface area contributed by atoms with Gasteiger partial charge in [0.15, 0.2) is 0 Å². The molecule has 0 saturated heterocycles. The summed E-state index contributed by atoms with van der Waals surface area (Å²) in [6.45, 7) is 0.446. The largest absolute Gasteiger partial charge is 0.337 e. The van der Waals surface area contributed by atoms with Gasteiger partial charge in [0.05, 0.1) is 0 Å². The number of hydrogen-bond donors (Lipinski definition) is 0. The topological polar surface area (TPSA) is 20.3 Å². The Labute approximate surface area is 106 Å². The van der Waals surface area contributed by atoms with E-state index in [0.717, 1.165) is 5.56 Å². The number of hydrogen-bond acceptors (Lipinski definition) is 1. The van der Waals surface area contributed by atoms with Crippen LogP contribution in [0.3, 0.4) is 0 Å². The van der Waals surface area contributed by atoms with Gasteiger partial charge in [0, 0.05) is 19.2 Å². The number of benzene rings is 2. The van der Waals surface area contributed by atoms with Crippen molar-refractivity contribution in [3.05, 3.63) is 71.5 Å². The van der Waals surface area contributed by atoms with Crippen LogP contribution < -0.4 is 0 Å². The molecule has 0 aliphatic heterocycles. The lowest BCUT2D eigenvalue weighted by atomic mass is 10.1. The summed E-state index contributed by atoms with van der Waals surface area (Å²) >= 11 is 0. The minimum Gasteiger partial charge on any atom is -0.337 e. The summed E-state index contributed by atoms with van der Waals surface area (Å²) in [5.74, 6) is -0.371. The third-order valence-corrected chi connectivity index (χ3v) is 2.62. The van der Waals surface area contributed by atoms with E-state index in [1.165, 1.54) is 12.1 Å².